The predicted molar refractivity (Wildman–Crippen MR) is 117 cm³/mol. The zero-order valence-corrected chi connectivity index (χ0v) is 16.9. The number of nitrogens with zero attached hydrogens (tertiary/aromatic N) is 2. The van der Waals surface area contributed by atoms with Crippen LogP contribution in [0.2, 0.25) is 0 Å². The number of rotatable bonds is 5. The average molecular weight is 419 g/mol. The molecule has 0 aromatic heterocycles. The second-order valence-electron chi connectivity index (χ2n) is 7.25. The maximum Gasteiger partial charge on any atom is 0.282 e. The number of hydrogen-bond donors (Lipinski definition) is 1. The Hall–Kier alpha value is -4.00. The molecule has 1 aliphatic heterocycles. The van der Waals surface area contributed by atoms with E-state index in [0.717, 1.165) is 10.6 Å². The maximum absolute atomic E-state index is 13.7. The van der Waals surface area contributed by atoms with Crippen molar-refractivity contribution in [2.75, 3.05) is 29.2 Å². The summed E-state index contributed by atoms with van der Waals surface area (Å²) in [5.74, 6) is -2.07. The van der Waals surface area contributed by atoms with Gasteiger partial charge in [0.15, 0.2) is 0 Å². The largest absolute Gasteiger partial charge is 0.378 e. The monoisotopic (exact) mass is 419 g/mol. The third-order valence-corrected chi connectivity index (χ3v) is 4.94. The SMILES string of the molecule is CN(C)c1ccc(N2C(=O)C(Nc3cccc(F)c3)=C(c3ccc(F)cc3)C2=O)cc1. The molecule has 3 aromatic carbocycles. The fourth-order valence-corrected chi connectivity index (χ4v) is 3.37. The average Bonchev–Trinajstić information content (AvgIpc) is 2.98. The van der Waals surface area contributed by atoms with E-state index in [2.05, 4.69) is 5.32 Å². The first-order valence-corrected chi connectivity index (χ1v) is 9.54. The van der Waals surface area contributed by atoms with E-state index >= 15 is 0 Å². The minimum atomic E-state index is -0.578. The van der Waals surface area contributed by atoms with E-state index < -0.39 is 23.4 Å². The first-order valence-electron chi connectivity index (χ1n) is 9.54. The first-order chi connectivity index (χ1) is 14.8. The third-order valence-electron chi connectivity index (χ3n) is 4.94. The molecule has 156 valence electrons. The smallest absolute Gasteiger partial charge is 0.282 e. The van der Waals surface area contributed by atoms with Gasteiger partial charge in [0, 0.05) is 25.5 Å². The van der Waals surface area contributed by atoms with Crippen molar-refractivity contribution in [1.82, 2.24) is 0 Å². The van der Waals surface area contributed by atoms with Crippen molar-refractivity contribution >= 4 is 34.4 Å². The molecule has 0 spiro atoms. The van der Waals surface area contributed by atoms with E-state index in [0.29, 0.717) is 16.9 Å². The van der Waals surface area contributed by atoms with Crippen LogP contribution in [-0.2, 0) is 9.59 Å². The number of carbonyl (C=O) groups is 2. The molecule has 0 bridgehead atoms. The van der Waals surface area contributed by atoms with Crippen LogP contribution in [0.4, 0.5) is 25.8 Å². The lowest BCUT2D eigenvalue weighted by Crippen LogP contribution is -2.32. The number of nitrogens with one attached hydrogen (secondary N) is 1. The molecule has 1 aliphatic rings. The van der Waals surface area contributed by atoms with Crippen molar-refractivity contribution in [3.63, 3.8) is 0 Å². The van der Waals surface area contributed by atoms with Gasteiger partial charge in [0.2, 0.25) is 0 Å². The highest BCUT2D eigenvalue weighted by molar-refractivity contribution is 6.46. The number of anilines is 3. The number of hydrogen-bond acceptors (Lipinski definition) is 4. The number of imide groups is 1. The number of benzene rings is 3. The minimum absolute atomic E-state index is 0.00102. The molecule has 0 atom stereocenters. The molecule has 0 saturated heterocycles. The molecule has 0 fully saturated rings. The summed E-state index contributed by atoms with van der Waals surface area (Å²) in [4.78, 5) is 29.6. The predicted octanol–water partition coefficient (Wildman–Crippen LogP) is 4.43. The molecule has 0 aliphatic carbocycles. The lowest BCUT2D eigenvalue weighted by atomic mass is 10.0. The van der Waals surface area contributed by atoms with Crippen LogP contribution < -0.4 is 15.1 Å². The van der Waals surface area contributed by atoms with E-state index in [1.807, 2.05) is 19.0 Å². The van der Waals surface area contributed by atoms with Crippen molar-refractivity contribution in [2.24, 2.45) is 0 Å². The molecule has 4 rings (SSSR count). The molecular formula is C24H19F2N3O2. The Morgan fingerprint density at radius 1 is 0.806 bits per heavy atom. The summed E-state index contributed by atoms with van der Waals surface area (Å²) in [6, 6.07) is 17.8. The molecule has 31 heavy (non-hydrogen) atoms. The Morgan fingerprint density at radius 3 is 2.10 bits per heavy atom. The van der Waals surface area contributed by atoms with Gasteiger partial charge in [-0.25, -0.2) is 13.7 Å². The van der Waals surface area contributed by atoms with E-state index in [1.165, 1.54) is 42.5 Å². The molecule has 2 amide bonds. The standard InChI is InChI=1S/C24H19F2N3O2/c1-28(2)19-10-12-20(13-11-19)29-23(30)21(15-6-8-16(25)9-7-15)22(24(29)31)27-18-5-3-4-17(26)14-18/h3-14,27H,1-2H3. The topological polar surface area (TPSA) is 52.6 Å². The van der Waals surface area contributed by atoms with Crippen LogP contribution in [0.25, 0.3) is 5.57 Å². The normalized spacial score (nSPS) is 13.7. The molecule has 5 nitrogen and oxygen atoms in total. The summed E-state index contributed by atoms with van der Waals surface area (Å²) in [7, 11) is 3.77. The van der Waals surface area contributed by atoms with Gasteiger partial charge in [0.25, 0.3) is 11.8 Å². The second kappa shape index (κ2) is 8.02. The Kier molecular flexibility index (Phi) is 5.25. The summed E-state index contributed by atoms with van der Waals surface area (Å²) in [5, 5.41) is 2.88. The van der Waals surface area contributed by atoms with Crippen LogP contribution in [-0.4, -0.2) is 25.9 Å². The summed E-state index contributed by atoms with van der Waals surface area (Å²) >= 11 is 0. The molecule has 0 saturated carbocycles. The first kappa shape index (κ1) is 20.3. The zero-order chi connectivity index (χ0) is 22.1. The van der Waals surface area contributed by atoms with Gasteiger partial charge in [-0.3, -0.25) is 9.59 Å². The highest BCUT2D eigenvalue weighted by Gasteiger charge is 2.40. The van der Waals surface area contributed by atoms with Crippen LogP contribution in [0.1, 0.15) is 5.56 Å². The molecule has 1 heterocycles. The van der Waals surface area contributed by atoms with Crippen LogP contribution in [0.5, 0.6) is 0 Å². The fourth-order valence-electron chi connectivity index (χ4n) is 3.37. The van der Waals surface area contributed by atoms with Crippen LogP contribution in [0, 0.1) is 11.6 Å². The van der Waals surface area contributed by atoms with Gasteiger partial charge in [-0.2, -0.15) is 0 Å². The van der Waals surface area contributed by atoms with Gasteiger partial charge in [-0.15, -0.1) is 0 Å². The van der Waals surface area contributed by atoms with E-state index in [9.17, 15) is 18.4 Å². The molecule has 0 radical (unpaired) electrons. The number of halogens is 2. The van der Waals surface area contributed by atoms with Crippen LogP contribution in [0.15, 0.2) is 78.5 Å². The van der Waals surface area contributed by atoms with Gasteiger partial charge in [0.05, 0.1) is 11.3 Å². The van der Waals surface area contributed by atoms with E-state index in [4.69, 9.17) is 0 Å². The lowest BCUT2D eigenvalue weighted by molar-refractivity contribution is -0.120. The van der Waals surface area contributed by atoms with E-state index in [-0.39, 0.29) is 11.3 Å². The highest BCUT2D eigenvalue weighted by Crippen LogP contribution is 2.34. The zero-order valence-electron chi connectivity index (χ0n) is 16.9. The van der Waals surface area contributed by atoms with Crippen LogP contribution in [0.3, 0.4) is 0 Å². The molecular weight excluding hydrogens is 400 g/mol. The summed E-state index contributed by atoms with van der Waals surface area (Å²) in [5.41, 5.74) is 2.10. The Bertz CT molecular complexity index is 1190. The second-order valence-corrected chi connectivity index (χ2v) is 7.25. The molecule has 3 aromatic rings. The van der Waals surface area contributed by atoms with Gasteiger partial charge < -0.3 is 10.2 Å². The lowest BCUT2D eigenvalue weighted by Gasteiger charge is -2.18. The Balaban J connectivity index is 1.78. The number of carbonyl (C=O) groups excluding carboxylic acids is 2. The van der Waals surface area contributed by atoms with Crippen molar-refractivity contribution in [3.8, 4) is 0 Å². The van der Waals surface area contributed by atoms with Gasteiger partial charge >= 0.3 is 0 Å². The van der Waals surface area contributed by atoms with Crippen molar-refractivity contribution in [1.29, 1.82) is 0 Å². The summed E-state index contributed by atoms with van der Waals surface area (Å²) in [6.45, 7) is 0. The highest BCUT2D eigenvalue weighted by atomic mass is 19.1. The van der Waals surface area contributed by atoms with E-state index in [1.54, 1.807) is 30.3 Å². The minimum Gasteiger partial charge on any atom is -0.378 e. The van der Waals surface area contributed by atoms with Crippen LogP contribution >= 0.6 is 0 Å². The van der Waals surface area contributed by atoms with Gasteiger partial charge in [0.1, 0.15) is 17.3 Å². The number of amides is 2. The Morgan fingerprint density at radius 2 is 1.48 bits per heavy atom. The van der Waals surface area contributed by atoms with Gasteiger partial charge in [-0.1, -0.05) is 18.2 Å². The molecule has 7 heteroatoms. The Labute approximate surface area is 178 Å². The fraction of sp³-hybridized carbons (Fsp3) is 0.0833. The third kappa shape index (κ3) is 3.90. The molecule has 0 unspecified atom stereocenters. The van der Waals surface area contributed by atoms with Crippen molar-refractivity contribution in [3.05, 3.63) is 95.7 Å². The summed E-state index contributed by atoms with van der Waals surface area (Å²) < 4.78 is 27.1. The quantitative estimate of drug-likeness (QED) is 0.622. The maximum atomic E-state index is 13.7. The summed E-state index contributed by atoms with van der Waals surface area (Å²) in [6.07, 6.45) is 0. The molecule has 1 N–H and O–H groups in total. The van der Waals surface area contributed by atoms with Crippen molar-refractivity contribution < 1.29 is 18.4 Å². The van der Waals surface area contributed by atoms with Gasteiger partial charge in [-0.05, 0) is 60.2 Å². The van der Waals surface area contributed by atoms with Crippen molar-refractivity contribution in [2.45, 2.75) is 0 Å².